The summed E-state index contributed by atoms with van der Waals surface area (Å²) in [6.45, 7) is 3.54. The Labute approximate surface area is 116 Å². The van der Waals surface area contributed by atoms with E-state index in [-0.39, 0.29) is 12.0 Å². The van der Waals surface area contributed by atoms with Crippen LogP contribution in [-0.2, 0) is 5.41 Å². The molecule has 1 aliphatic rings. The summed E-state index contributed by atoms with van der Waals surface area (Å²) < 4.78 is 41.6. The minimum absolute atomic E-state index is 0.206. The molecule has 0 amide bonds. The maximum atomic E-state index is 14.2. The minimum atomic E-state index is -1.09. The number of anilines is 1. The maximum Gasteiger partial charge on any atom is 0.155 e. The van der Waals surface area contributed by atoms with Crippen LogP contribution < -0.4 is 5.73 Å². The topological polar surface area (TPSA) is 46.2 Å². The van der Waals surface area contributed by atoms with Crippen molar-refractivity contribution in [2.75, 3.05) is 5.73 Å². The van der Waals surface area contributed by atoms with Crippen molar-refractivity contribution in [2.45, 2.75) is 57.0 Å². The molecular weight excluding hydrogens is 267 g/mol. The summed E-state index contributed by atoms with van der Waals surface area (Å²) in [5, 5.41) is 10.4. The smallest absolute Gasteiger partial charge is 0.155 e. The van der Waals surface area contributed by atoms with Gasteiger partial charge < -0.3 is 10.8 Å². The summed E-state index contributed by atoms with van der Waals surface area (Å²) in [5.74, 6) is -3.06. The highest BCUT2D eigenvalue weighted by molar-refractivity contribution is 5.48. The third-order valence-electron chi connectivity index (χ3n) is 4.56. The van der Waals surface area contributed by atoms with Gasteiger partial charge in [-0.05, 0) is 32.1 Å². The zero-order chi connectivity index (χ0) is 15.1. The molecule has 1 aromatic rings. The highest BCUT2D eigenvalue weighted by Gasteiger charge is 2.44. The molecule has 0 saturated heterocycles. The predicted octanol–water partition coefficient (Wildman–Crippen LogP) is 3.66. The van der Waals surface area contributed by atoms with E-state index in [1.807, 2.05) is 6.92 Å². The number of hydrogen-bond acceptors (Lipinski definition) is 2. The molecule has 0 radical (unpaired) electrons. The Morgan fingerprint density at radius 3 is 2.50 bits per heavy atom. The molecule has 0 aliphatic heterocycles. The van der Waals surface area contributed by atoms with Crippen molar-refractivity contribution in [1.29, 1.82) is 0 Å². The number of rotatable bonds is 2. The van der Waals surface area contributed by atoms with Crippen LogP contribution in [0.5, 0.6) is 0 Å². The highest BCUT2D eigenvalue weighted by atomic mass is 19.1. The first-order chi connectivity index (χ1) is 9.22. The van der Waals surface area contributed by atoms with Gasteiger partial charge in [-0.1, -0.05) is 13.8 Å². The normalized spacial score (nSPS) is 30.5. The van der Waals surface area contributed by atoms with Gasteiger partial charge in [-0.3, -0.25) is 0 Å². The summed E-state index contributed by atoms with van der Waals surface area (Å²) in [4.78, 5) is 0. The molecule has 1 aromatic carbocycles. The molecule has 1 aliphatic carbocycles. The number of hydrogen-bond donors (Lipinski definition) is 2. The van der Waals surface area contributed by atoms with Gasteiger partial charge in [-0.25, -0.2) is 13.2 Å². The third-order valence-corrected chi connectivity index (χ3v) is 4.56. The van der Waals surface area contributed by atoms with E-state index in [0.29, 0.717) is 31.7 Å². The van der Waals surface area contributed by atoms with Gasteiger partial charge in [0.15, 0.2) is 11.6 Å². The molecule has 2 atom stereocenters. The summed E-state index contributed by atoms with van der Waals surface area (Å²) in [6.07, 6.45) is 2.57. The van der Waals surface area contributed by atoms with Crippen molar-refractivity contribution in [1.82, 2.24) is 0 Å². The molecule has 0 bridgehead atoms. The Kier molecular flexibility index (Phi) is 3.75. The number of nitrogens with two attached hydrogens (primary N) is 1. The largest absolute Gasteiger partial charge is 0.394 e. The molecule has 1 fully saturated rings. The fourth-order valence-electron chi connectivity index (χ4n) is 3.38. The van der Waals surface area contributed by atoms with Crippen LogP contribution in [0.15, 0.2) is 6.07 Å². The van der Waals surface area contributed by atoms with Crippen molar-refractivity contribution >= 4 is 5.69 Å². The lowest BCUT2D eigenvalue weighted by atomic mass is 9.64. The van der Waals surface area contributed by atoms with Crippen LogP contribution in [0.1, 0.15) is 51.5 Å². The van der Waals surface area contributed by atoms with Crippen LogP contribution in [0.25, 0.3) is 0 Å². The van der Waals surface area contributed by atoms with Gasteiger partial charge in [0.1, 0.15) is 11.5 Å². The van der Waals surface area contributed by atoms with Gasteiger partial charge in [0.2, 0.25) is 0 Å². The minimum Gasteiger partial charge on any atom is -0.394 e. The SMILES string of the molecule is CCC1(O)CCCC(C)(c2c(F)cc(F)c(N)c2F)C1. The Balaban J connectivity index is 2.52. The van der Waals surface area contributed by atoms with Crippen LogP contribution in [0.4, 0.5) is 18.9 Å². The molecule has 2 nitrogen and oxygen atoms in total. The summed E-state index contributed by atoms with van der Waals surface area (Å²) in [7, 11) is 0. The number of halogens is 3. The molecule has 112 valence electrons. The van der Waals surface area contributed by atoms with E-state index in [0.717, 1.165) is 0 Å². The molecule has 20 heavy (non-hydrogen) atoms. The van der Waals surface area contributed by atoms with Gasteiger partial charge in [-0.15, -0.1) is 0 Å². The molecule has 3 N–H and O–H groups in total. The summed E-state index contributed by atoms with van der Waals surface area (Å²) >= 11 is 0. The quantitative estimate of drug-likeness (QED) is 0.815. The standard InChI is InChI=1S/C15H20F3NO/c1-3-15(20)6-4-5-14(2,8-15)11-9(16)7-10(17)13(19)12(11)18/h7,20H,3-6,8,19H2,1-2H3. The van der Waals surface area contributed by atoms with Crippen molar-refractivity contribution in [3.63, 3.8) is 0 Å². The Hall–Kier alpha value is -1.23. The molecule has 2 rings (SSSR count). The lowest BCUT2D eigenvalue weighted by molar-refractivity contribution is -0.0267. The number of benzene rings is 1. The zero-order valence-corrected chi connectivity index (χ0v) is 11.8. The first kappa shape index (κ1) is 15.2. The highest BCUT2D eigenvalue weighted by Crippen LogP contribution is 2.47. The first-order valence-electron chi connectivity index (χ1n) is 6.88. The average molecular weight is 287 g/mol. The molecule has 1 saturated carbocycles. The van der Waals surface area contributed by atoms with E-state index in [4.69, 9.17) is 5.73 Å². The summed E-state index contributed by atoms with van der Waals surface area (Å²) in [5.41, 5.74) is 2.66. The van der Waals surface area contributed by atoms with Gasteiger partial charge >= 0.3 is 0 Å². The fraction of sp³-hybridized carbons (Fsp3) is 0.600. The van der Waals surface area contributed by atoms with Gasteiger partial charge in [-0.2, -0.15) is 0 Å². The summed E-state index contributed by atoms with van der Waals surface area (Å²) in [6, 6.07) is 0.624. The molecule has 0 aromatic heterocycles. The van der Waals surface area contributed by atoms with Gasteiger partial charge in [0, 0.05) is 17.0 Å². The van der Waals surface area contributed by atoms with Crippen molar-refractivity contribution < 1.29 is 18.3 Å². The lowest BCUT2D eigenvalue weighted by Gasteiger charge is -2.43. The third kappa shape index (κ3) is 2.39. The van der Waals surface area contributed by atoms with Crippen LogP contribution in [0.2, 0.25) is 0 Å². The second-order valence-electron chi connectivity index (χ2n) is 6.11. The van der Waals surface area contributed by atoms with Crippen molar-refractivity contribution in [3.8, 4) is 0 Å². The Bertz CT molecular complexity index is 534. The van der Waals surface area contributed by atoms with Gasteiger partial charge in [0.05, 0.1) is 5.60 Å². The van der Waals surface area contributed by atoms with E-state index in [2.05, 4.69) is 0 Å². The van der Waals surface area contributed by atoms with E-state index >= 15 is 0 Å². The molecular formula is C15H20F3NO. The first-order valence-corrected chi connectivity index (χ1v) is 6.88. The van der Waals surface area contributed by atoms with Crippen LogP contribution >= 0.6 is 0 Å². The maximum absolute atomic E-state index is 14.2. The second kappa shape index (κ2) is 4.95. The monoisotopic (exact) mass is 287 g/mol. The van der Waals surface area contributed by atoms with E-state index in [9.17, 15) is 18.3 Å². The van der Waals surface area contributed by atoms with Crippen molar-refractivity contribution in [3.05, 3.63) is 29.1 Å². The van der Waals surface area contributed by atoms with Gasteiger partial charge in [0.25, 0.3) is 0 Å². The number of aliphatic hydroxyl groups is 1. The van der Waals surface area contributed by atoms with Crippen molar-refractivity contribution in [2.24, 2.45) is 0 Å². The number of nitrogen functional groups attached to an aromatic ring is 1. The molecule has 0 spiro atoms. The molecule has 2 unspecified atom stereocenters. The van der Waals surface area contributed by atoms with E-state index in [1.165, 1.54) is 0 Å². The molecule has 5 heteroatoms. The van der Waals surface area contributed by atoms with Crippen LogP contribution in [-0.4, -0.2) is 10.7 Å². The molecule has 0 heterocycles. The van der Waals surface area contributed by atoms with E-state index < -0.39 is 34.2 Å². The fourth-order valence-corrected chi connectivity index (χ4v) is 3.38. The zero-order valence-electron chi connectivity index (χ0n) is 11.8. The second-order valence-corrected chi connectivity index (χ2v) is 6.11. The average Bonchev–Trinajstić information content (AvgIpc) is 2.35. The van der Waals surface area contributed by atoms with Crippen LogP contribution in [0.3, 0.4) is 0 Å². The predicted molar refractivity (Wildman–Crippen MR) is 71.8 cm³/mol. The Morgan fingerprint density at radius 1 is 1.25 bits per heavy atom. The van der Waals surface area contributed by atoms with Crippen LogP contribution in [0, 0.1) is 17.5 Å². The Morgan fingerprint density at radius 2 is 1.90 bits per heavy atom. The van der Waals surface area contributed by atoms with E-state index in [1.54, 1.807) is 6.92 Å². The lowest BCUT2D eigenvalue weighted by Crippen LogP contribution is -2.43.